The van der Waals surface area contributed by atoms with Crippen molar-refractivity contribution < 1.29 is 19.0 Å². The Bertz CT molecular complexity index is 464. The third-order valence-electron chi connectivity index (χ3n) is 2.86. The van der Waals surface area contributed by atoms with Gasteiger partial charge in [-0.15, -0.1) is 0 Å². The average molecular weight is 277 g/mol. The molecule has 0 spiro atoms. The van der Waals surface area contributed by atoms with E-state index in [0.717, 1.165) is 0 Å². The Kier molecular flexibility index (Phi) is 5.15. The van der Waals surface area contributed by atoms with E-state index in [1.807, 2.05) is 32.3 Å². The zero-order chi connectivity index (χ0) is 14.4. The maximum atomic E-state index is 12.1. The fourth-order valence-electron chi connectivity index (χ4n) is 1.74. The van der Waals surface area contributed by atoms with E-state index in [-0.39, 0.29) is 11.9 Å². The number of allylic oxidation sites excluding steroid dienone is 1. The van der Waals surface area contributed by atoms with Gasteiger partial charge in [0, 0.05) is 25.7 Å². The van der Waals surface area contributed by atoms with Crippen LogP contribution in [0.15, 0.2) is 42.3 Å². The van der Waals surface area contributed by atoms with Crippen LogP contribution < -0.4 is 0 Å². The molecule has 0 aliphatic carbocycles. The van der Waals surface area contributed by atoms with E-state index in [9.17, 15) is 4.79 Å². The van der Waals surface area contributed by atoms with Crippen LogP contribution in [0.25, 0.3) is 0 Å². The van der Waals surface area contributed by atoms with E-state index in [2.05, 4.69) is 0 Å². The Morgan fingerprint density at radius 3 is 2.75 bits per heavy atom. The fraction of sp³-hybridized carbons (Fsp3) is 0.400. The summed E-state index contributed by atoms with van der Waals surface area (Å²) in [5.74, 6) is 0.423. The van der Waals surface area contributed by atoms with Crippen molar-refractivity contribution in [3.8, 4) is 0 Å². The summed E-state index contributed by atoms with van der Waals surface area (Å²) < 4.78 is 16.0. The van der Waals surface area contributed by atoms with Crippen molar-refractivity contribution in [3.05, 3.63) is 47.9 Å². The van der Waals surface area contributed by atoms with Gasteiger partial charge in [0.2, 0.25) is 0 Å². The highest BCUT2D eigenvalue weighted by Gasteiger charge is 2.18. The third kappa shape index (κ3) is 4.08. The van der Waals surface area contributed by atoms with E-state index in [1.165, 1.54) is 6.08 Å². The van der Waals surface area contributed by atoms with Crippen molar-refractivity contribution in [2.45, 2.75) is 6.10 Å². The molecule has 1 fully saturated rings. The molecule has 0 saturated carbocycles. The molecule has 108 valence electrons. The van der Waals surface area contributed by atoms with Crippen LogP contribution in [-0.2, 0) is 14.2 Å². The summed E-state index contributed by atoms with van der Waals surface area (Å²) in [4.78, 5) is 13.9. The zero-order valence-corrected chi connectivity index (χ0v) is 11.7. The van der Waals surface area contributed by atoms with E-state index in [1.54, 1.807) is 17.0 Å². The zero-order valence-electron chi connectivity index (χ0n) is 11.7. The molecule has 5 heteroatoms. The number of nitrogens with zero attached hydrogens (tertiary/aromatic N) is 1. The van der Waals surface area contributed by atoms with Crippen LogP contribution in [0.4, 0.5) is 0 Å². The topological polar surface area (TPSA) is 48.0 Å². The summed E-state index contributed by atoms with van der Waals surface area (Å²) >= 11 is 0. The lowest BCUT2D eigenvalue weighted by molar-refractivity contribution is 0.0108. The van der Waals surface area contributed by atoms with Crippen LogP contribution in [-0.4, -0.2) is 50.9 Å². The standard InChI is InChI=1S/C15H19NO4/c1-16(2)15(19-10-13-9-18-11-20-13)8-14(17)12-6-4-3-5-7-12/h3-8,13H,9-11H2,1-2H3. The fourth-order valence-corrected chi connectivity index (χ4v) is 1.74. The molecule has 1 heterocycles. The maximum Gasteiger partial charge on any atom is 0.192 e. The maximum absolute atomic E-state index is 12.1. The van der Waals surface area contributed by atoms with Crippen molar-refractivity contribution in [2.75, 3.05) is 34.1 Å². The van der Waals surface area contributed by atoms with Crippen molar-refractivity contribution in [3.63, 3.8) is 0 Å². The second kappa shape index (κ2) is 7.07. The molecule has 20 heavy (non-hydrogen) atoms. The molecule has 0 amide bonds. The summed E-state index contributed by atoms with van der Waals surface area (Å²) in [6.45, 7) is 1.19. The molecule has 1 aliphatic heterocycles. The van der Waals surface area contributed by atoms with E-state index in [4.69, 9.17) is 14.2 Å². The van der Waals surface area contributed by atoms with Gasteiger partial charge in [0.15, 0.2) is 11.7 Å². The lowest BCUT2D eigenvalue weighted by atomic mass is 10.1. The van der Waals surface area contributed by atoms with Crippen molar-refractivity contribution in [2.24, 2.45) is 0 Å². The van der Waals surface area contributed by atoms with E-state index >= 15 is 0 Å². The minimum Gasteiger partial charge on any atom is -0.476 e. The van der Waals surface area contributed by atoms with Crippen LogP contribution in [0.5, 0.6) is 0 Å². The van der Waals surface area contributed by atoms with Gasteiger partial charge in [0.1, 0.15) is 19.5 Å². The molecule has 1 unspecified atom stereocenters. The van der Waals surface area contributed by atoms with Crippen LogP contribution >= 0.6 is 0 Å². The van der Waals surface area contributed by atoms with Gasteiger partial charge >= 0.3 is 0 Å². The Morgan fingerprint density at radius 2 is 2.15 bits per heavy atom. The quantitative estimate of drug-likeness (QED) is 0.449. The Hall–Kier alpha value is -1.85. The normalized spacial score (nSPS) is 18.9. The SMILES string of the molecule is CN(C)C(=CC(=O)c1ccccc1)OCC1COCO1. The molecule has 1 aromatic carbocycles. The first-order valence-corrected chi connectivity index (χ1v) is 6.47. The number of carbonyl (C=O) groups is 1. The van der Waals surface area contributed by atoms with Crippen LogP contribution in [0, 0.1) is 0 Å². The summed E-state index contributed by atoms with van der Waals surface area (Å²) in [5, 5.41) is 0. The lowest BCUT2D eigenvalue weighted by Crippen LogP contribution is -2.22. The van der Waals surface area contributed by atoms with Crippen molar-refractivity contribution >= 4 is 5.78 Å². The van der Waals surface area contributed by atoms with Crippen molar-refractivity contribution in [1.82, 2.24) is 4.90 Å². The molecule has 0 aromatic heterocycles. The summed E-state index contributed by atoms with van der Waals surface area (Å²) in [5.41, 5.74) is 0.635. The molecule has 5 nitrogen and oxygen atoms in total. The molecule has 0 N–H and O–H groups in total. The predicted octanol–water partition coefficient (Wildman–Crippen LogP) is 1.66. The van der Waals surface area contributed by atoms with Gasteiger partial charge in [-0.3, -0.25) is 4.79 Å². The smallest absolute Gasteiger partial charge is 0.192 e. The average Bonchev–Trinajstić information content (AvgIpc) is 2.97. The molecule has 2 rings (SSSR count). The van der Waals surface area contributed by atoms with Gasteiger partial charge in [-0.05, 0) is 0 Å². The predicted molar refractivity (Wildman–Crippen MR) is 74.2 cm³/mol. The van der Waals surface area contributed by atoms with Gasteiger partial charge in [-0.2, -0.15) is 0 Å². The molecule has 1 aliphatic rings. The minimum atomic E-state index is -0.0853. The third-order valence-corrected chi connectivity index (χ3v) is 2.86. The van der Waals surface area contributed by atoms with Crippen LogP contribution in [0.1, 0.15) is 10.4 Å². The monoisotopic (exact) mass is 277 g/mol. The lowest BCUT2D eigenvalue weighted by Gasteiger charge is -2.19. The van der Waals surface area contributed by atoms with E-state index < -0.39 is 0 Å². The van der Waals surface area contributed by atoms with Crippen LogP contribution in [0.3, 0.4) is 0 Å². The Morgan fingerprint density at radius 1 is 1.40 bits per heavy atom. The second-order valence-corrected chi connectivity index (χ2v) is 4.70. The number of ether oxygens (including phenoxy) is 3. The van der Waals surface area contributed by atoms with Crippen molar-refractivity contribution in [1.29, 1.82) is 0 Å². The second-order valence-electron chi connectivity index (χ2n) is 4.70. The largest absolute Gasteiger partial charge is 0.476 e. The highest BCUT2D eigenvalue weighted by atomic mass is 16.7. The summed E-state index contributed by atoms with van der Waals surface area (Å²) in [6, 6.07) is 9.10. The Balaban J connectivity index is 1.99. The number of hydrogen-bond donors (Lipinski definition) is 0. The Labute approximate surface area is 118 Å². The summed E-state index contributed by atoms with van der Waals surface area (Å²) in [6.07, 6.45) is 1.41. The molecule has 1 saturated heterocycles. The number of benzene rings is 1. The number of hydrogen-bond acceptors (Lipinski definition) is 5. The van der Waals surface area contributed by atoms with Gasteiger partial charge in [0.05, 0.1) is 6.61 Å². The first-order chi connectivity index (χ1) is 9.66. The summed E-state index contributed by atoms with van der Waals surface area (Å²) in [7, 11) is 3.66. The molecule has 1 atom stereocenters. The molecular weight excluding hydrogens is 258 g/mol. The highest BCUT2D eigenvalue weighted by molar-refractivity contribution is 6.04. The minimum absolute atomic E-state index is 0.0785. The van der Waals surface area contributed by atoms with Gasteiger partial charge < -0.3 is 19.1 Å². The number of ketones is 1. The number of rotatable bonds is 6. The van der Waals surface area contributed by atoms with Gasteiger partial charge in [-0.1, -0.05) is 30.3 Å². The van der Waals surface area contributed by atoms with Crippen LogP contribution in [0.2, 0.25) is 0 Å². The number of carbonyl (C=O) groups excluding carboxylic acids is 1. The van der Waals surface area contributed by atoms with E-state index in [0.29, 0.717) is 31.5 Å². The molecule has 1 aromatic rings. The first-order valence-electron chi connectivity index (χ1n) is 6.47. The van der Waals surface area contributed by atoms with Gasteiger partial charge in [-0.25, -0.2) is 0 Å². The molecule has 0 bridgehead atoms. The first kappa shape index (κ1) is 14.6. The van der Waals surface area contributed by atoms with Gasteiger partial charge in [0.25, 0.3) is 0 Å². The molecular formula is C15H19NO4. The molecule has 0 radical (unpaired) electrons. The highest BCUT2D eigenvalue weighted by Crippen LogP contribution is 2.10.